The van der Waals surface area contributed by atoms with E-state index in [1.807, 2.05) is 17.2 Å². The number of likely N-dealkylation sites (tertiary alicyclic amines) is 1. The Morgan fingerprint density at radius 2 is 1.93 bits per heavy atom. The minimum Gasteiger partial charge on any atom is -0.362 e. The van der Waals surface area contributed by atoms with Crippen molar-refractivity contribution < 1.29 is 9.53 Å². The zero-order chi connectivity index (χ0) is 21.0. The number of nitrogens with zero attached hydrogens (tertiary/aromatic N) is 3. The molecular weight excluding hydrogens is 374 g/mol. The molecule has 1 atom stereocenters. The number of morpholine rings is 1. The summed E-state index contributed by atoms with van der Waals surface area (Å²) < 4.78 is 6.36. The molecule has 1 amide bonds. The fourth-order valence-corrected chi connectivity index (χ4v) is 4.77. The van der Waals surface area contributed by atoms with E-state index in [0.29, 0.717) is 25.5 Å². The second-order valence-corrected chi connectivity index (χ2v) is 9.09. The Kier molecular flexibility index (Phi) is 6.49. The van der Waals surface area contributed by atoms with Gasteiger partial charge in [-0.15, -0.1) is 0 Å². The van der Waals surface area contributed by atoms with Gasteiger partial charge in [-0.3, -0.25) is 14.7 Å². The van der Waals surface area contributed by atoms with Gasteiger partial charge in [0.25, 0.3) is 5.91 Å². The minimum atomic E-state index is -0.801. The maximum atomic E-state index is 13.7. The Labute approximate surface area is 180 Å². The van der Waals surface area contributed by atoms with E-state index >= 15 is 0 Å². The van der Waals surface area contributed by atoms with Crippen LogP contribution in [0.5, 0.6) is 0 Å². The third-order valence-corrected chi connectivity index (χ3v) is 6.08. The Morgan fingerprint density at radius 1 is 1.13 bits per heavy atom. The maximum absolute atomic E-state index is 13.7. The van der Waals surface area contributed by atoms with Crippen LogP contribution < -0.4 is 0 Å². The number of hydrogen-bond donors (Lipinski definition) is 0. The Bertz CT molecular complexity index is 848. The molecule has 2 aliphatic heterocycles. The lowest BCUT2D eigenvalue weighted by atomic mass is 9.89. The first-order valence-electron chi connectivity index (χ1n) is 11.2. The van der Waals surface area contributed by atoms with E-state index in [1.54, 1.807) is 6.20 Å². The van der Waals surface area contributed by atoms with Crippen LogP contribution >= 0.6 is 0 Å². The molecule has 2 aliphatic rings. The molecule has 5 heteroatoms. The monoisotopic (exact) mass is 407 g/mol. The molecule has 160 valence electrons. The summed E-state index contributed by atoms with van der Waals surface area (Å²) in [4.78, 5) is 22.4. The Morgan fingerprint density at radius 3 is 2.67 bits per heavy atom. The van der Waals surface area contributed by atoms with Crippen molar-refractivity contribution in [2.45, 2.75) is 38.7 Å². The fraction of sp³-hybridized carbons (Fsp3) is 0.520. The molecule has 0 N–H and O–H groups in total. The van der Waals surface area contributed by atoms with Gasteiger partial charge in [0, 0.05) is 51.5 Å². The van der Waals surface area contributed by atoms with Crippen LogP contribution in [-0.2, 0) is 16.0 Å². The smallest absolute Gasteiger partial charge is 0.256 e. The molecule has 0 bridgehead atoms. The molecule has 1 unspecified atom stereocenters. The van der Waals surface area contributed by atoms with E-state index in [2.05, 4.69) is 54.1 Å². The van der Waals surface area contributed by atoms with Gasteiger partial charge in [0.1, 0.15) is 0 Å². The summed E-state index contributed by atoms with van der Waals surface area (Å²) in [5, 5.41) is 0. The van der Waals surface area contributed by atoms with Gasteiger partial charge in [-0.05, 0) is 41.5 Å². The number of amides is 1. The molecule has 3 heterocycles. The van der Waals surface area contributed by atoms with Gasteiger partial charge in [0.2, 0.25) is 0 Å². The van der Waals surface area contributed by atoms with E-state index in [9.17, 15) is 4.79 Å². The fourth-order valence-electron chi connectivity index (χ4n) is 4.77. The third kappa shape index (κ3) is 4.73. The average Bonchev–Trinajstić information content (AvgIpc) is 3.28. The summed E-state index contributed by atoms with van der Waals surface area (Å²) in [7, 11) is 0. The van der Waals surface area contributed by atoms with Crippen molar-refractivity contribution in [3.05, 3.63) is 54.4 Å². The molecule has 0 saturated carbocycles. The van der Waals surface area contributed by atoms with Crippen molar-refractivity contribution in [2.75, 3.05) is 39.3 Å². The van der Waals surface area contributed by atoms with Crippen LogP contribution in [0.1, 0.15) is 32.3 Å². The largest absolute Gasteiger partial charge is 0.362 e. The van der Waals surface area contributed by atoms with Crippen molar-refractivity contribution in [1.82, 2.24) is 14.8 Å². The molecule has 30 heavy (non-hydrogen) atoms. The van der Waals surface area contributed by atoms with Gasteiger partial charge in [-0.2, -0.15) is 0 Å². The number of pyridine rings is 1. The summed E-state index contributed by atoms with van der Waals surface area (Å²) in [6.45, 7) is 9.32. The zero-order valence-electron chi connectivity index (χ0n) is 18.2. The molecule has 2 aromatic rings. The van der Waals surface area contributed by atoms with Crippen molar-refractivity contribution in [1.29, 1.82) is 0 Å². The van der Waals surface area contributed by atoms with Crippen LogP contribution in [0.2, 0.25) is 0 Å². The minimum absolute atomic E-state index is 0.167. The Hall–Kier alpha value is -2.24. The molecule has 0 spiro atoms. The van der Waals surface area contributed by atoms with Crippen LogP contribution in [0.3, 0.4) is 0 Å². The number of aromatic nitrogens is 1. The average molecular weight is 408 g/mol. The Balaban J connectivity index is 1.62. The number of ether oxygens (including phenoxy) is 1. The van der Waals surface area contributed by atoms with E-state index < -0.39 is 5.60 Å². The van der Waals surface area contributed by atoms with Crippen molar-refractivity contribution in [2.24, 2.45) is 5.92 Å². The van der Waals surface area contributed by atoms with Gasteiger partial charge in [-0.1, -0.05) is 44.2 Å². The van der Waals surface area contributed by atoms with E-state index in [4.69, 9.17) is 4.74 Å². The van der Waals surface area contributed by atoms with Gasteiger partial charge < -0.3 is 9.64 Å². The highest BCUT2D eigenvalue weighted by atomic mass is 16.5. The summed E-state index contributed by atoms with van der Waals surface area (Å²) in [5.74, 6) is 0.733. The summed E-state index contributed by atoms with van der Waals surface area (Å²) >= 11 is 0. The number of carbonyl (C=O) groups excluding carboxylic acids is 1. The molecule has 0 aliphatic carbocycles. The van der Waals surface area contributed by atoms with Gasteiger partial charge in [0.15, 0.2) is 5.60 Å². The van der Waals surface area contributed by atoms with Crippen LogP contribution in [0.15, 0.2) is 48.8 Å². The maximum Gasteiger partial charge on any atom is 0.256 e. The normalized spacial score (nSPS) is 22.6. The first kappa shape index (κ1) is 21.0. The molecule has 2 fully saturated rings. The van der Waals surface area contributed by atoms with E-state index in [-0.39, 0.29) is 5.91 Å². The van der Waals surface area contributed by atoms with Crippen molar-refractivity contribution >= 4 is 5.91 Å². The zero-order valence-corrected chi connectivity index (χ0v) is 18.2. The van der Waals surface area contributed by atoms with E-state index in [1.165, 1.54) is 0 Å². The second-order valence-electron chi connectivity index (χ2n) is 9.09. The molecule has 1 aromatic heterocycles. The van der Waals surface area contributed by atoms with Gasteiger partial charge in [0.05, 0.1) is 6.61 Å². The topological polar surface area (TPSA) is 45.7 Å². The molecular formula is C25H33N3O2. The third-order valence-electron chi connectivity index (χ3n) is 6.08. The first-order valence-corrected chi connectivity index (χ1v) is 11.2. The summed E-state index contributed by atoms with van der Waals surface area (Å²) in [5.41, 5.74) is 2.55. The van der Waals surface area contributed by atoms with Crippen LogP contribution in [0, 0.1) is 5.92 Å². The lowest BCUT2D eigenvalue weighted by Crippen LogP contribution is -2.61. The van der Waals surface area contributed by atoms with Crippen LogP contribution in [0.25, 0.3) is 11.1 Å². The number of hydrogen-bond acceptors (Lipinski definition) is 4. The molecule has 2 saturated heterocycles. The van der Waals surface area contributed by atoms with Crippen molar-refractivity contribution in [3.8, 4) is 11.1 Å². The highest BCUT2D eigenvalue weighted by Crippen LogP contribution is 2.29. The molecule has 0 radical (unpaired) electrons. The number of rotatable bonds is 6. The first-order chi connectivity index (χ1) is 14.6. The van der Waals surface area contributed by atoms with Gasteiger partial charge >= 0.3 is 0 Å². The standard InChI is InChI=1S/C25H33N3O2/c1-20(2)18-27-13-14-30-25(19-27,24(29)28-11-3-4-12-28)16-21-7-5-8-22(15-21)23-9-6-10-26-17-23/h5-10,15,17,20H,3-4,11-14,16,18-19H2,1-2H3. The quantitative estimate of drug-likeness (QED) is 0.733. The SMILES string of the molecule is CC(C)CN1CCOC(Cc2cccc(-c3cccnc3)c2)(C(=O)N2CCCC2)C1. The van der Waals surface area contributed by atoms with Crippen LogP contribution in [0.4, 0.5) is 0 Å². The second kappa shape index (κ2) is 9.27. The van der Waals surface area contributed by atoms with Crippen molar-refractivity contribution in [3.63, 3.8) is 0 Å². The highest BCUT2D eigenvalue weighted by Gasteiger charge is 2.46. The predicted molar refractivity (Wildman–Crippen MR) is 119 cm³/mol. The summed E-state index contributed by atoms with van der Waals surface area (Å²) in [6.07, 6.45) is 6.45. The molecule has 1 aromatic carbocycles. The van der Waals surface area contributed by atoms with Gasteiger partial charge in [-0.25, -0.2) is 0 Å². The van der Waals surface area contributed by atoms with E-state index in [0.717, 1.165) is 55.7 Å². The predicted octanol–water partition coefficient (Wildman–Crippen LogP) is 3.64. The molecule has 4 rings (SSSR count). The molecule has 5 nitrogen and oxygen atoms in total. The summed E-state index contributed by atoms with van der Waals surface area (Å²) in [6, 6.07) is 12.5. The lowest BCUT2D eigenvalue weighted by Gasteiger charge is -2.44. The lowest BCUT2D eigenvalue weighted by molar-refractivity contribution is -0.170. The highest BCUT2D eigenvalue weighted by molar-refractivity contribution is 5.86. The van der Waals surface area contributed by atoms with Crippen LogP contribution in [-0.4, -0.2) is 65.6 Å². The number of benzene rings is 1. The number of carbonyl (C=O) groups is 1.